The third-order valence-corrected chi connectivity index (χ3v) is 2.31. The lowest BCUT2D eigenvalue weighted by Crippen LogP contribution is -2.43. The number of thiazole rings is 1. The lowest BCUT2D eigenvalue weighted by Gasteiger charge is -2.30. The number of hydrogen-bond donors (Lipinski definition) is 1. The molecule has 1 N–H and O–H groups in total. The third-order valence-electron chi connectivity index (χ3n) is 1.73. The summed E-state index contributed by atoms with van der Waals surface area (Å²) in [5.74, 6) is -1.40. The summed E-state index contributed by atoms with van der Waals surface area (Å²) in [5, 5.41) is 10.7. The number of carboxylic acids is 1. The van der Waals surface area contributed by atoms with Crippen LogP contribution in [0.3, 0.4) is 0 Å². The van der Waals surface area contributed by atoms with Gasteiger partial charge in [-0.2, -0.15) is 4.99 Å². The van der Waals surface area contributed by atoms with Crippen molar-refractivity contribution in [3.63, 3.8) is 0 Å². The topological polar surface area (TPSA) is 88.8 Å². The van der Waals surface area contributed by atoms with Gasteiger partial charge in [-0.05, 0) is 20.8 Å². The van der Waals surface area contributed by atoms with Gasteiger partial charge in [0.25, 0.3) is 0 Å². The van der Waals surface area contributed by atoms with Crippen molar-refractivity contribution in [3.05, 3.63) is 16.6 Å². The Labute approximate surface area is 102 Å². The molecule has 1 heterocycles. The van der Waals surface area contributed by atoms with Crippen LogP contribution in [-0.4, -0.2) is 27.7 Å². The Balaban J connectivity index is 3.33. The van der Waals surface area contributed by atoms with Gasteiger partial charge in [0.1, 0.15) is 5.69 Å². The van der Waals surface area contributed by atoms with Crippen LogP contribution >= 0.6 is 11.3 Å². The van der Waals surface area contributed by atoms with Gasteiger partial charge in [0.05, 0.1) is 11.1 Å². The van der Waals surface area contributed by atoms with Crippen molar-refractivity contribution in [3.8, 4) is 0 Å². The van der Waals surface area contributed by atoms with Crippen molar-refractivity contribution in [2.24, 2.45) is 4.99 Å². The van der Waals surface area contributed by atoms with E-state index < -0.39 is 17.3 Å². The lowest BCUT2D eigenvalue weighted by molar-refractivity contribution is -0.186. The molecule has 0 saturated carbocycles. The van der Waals surface area contributed by atoms with Crippen LogP contribution in [0, 0.1) is 0 Å². The van der Waals surface area contributed by atoms with Crippen LogP contribution in [0.5, 0.6) is 0 Å². The number of carbonyl (C=O) groups excluding carboxylic acids is 1. The van der Waals surface area contributed by atoms with E-state index in [0.29, 0.717) is 0 Å². The number of carbonyl (C=O) groups is 1. The number of ether oxygens (including phenoxy) is 1. The molecule has 7 heteroatoms. The Hall–Kier alpha value is -1.56. The molecule has 6 nitrogen and oxygen atoms in total. The number of carboxylic acid groups (broad SMARTS) is 1. The Morgan fingerprint density at radius 1 is 1.59 bits per heavy atom. The van der Waals surface area contributed by atoms with Gasteiger partial charge in [0, 0.05) is 5.38 Å². The maximum Gasteiger partial charge on any atom is 0.367 e. The first-order valence-electron chi connectivity index (χ1n) is 4.73. The molecule has 0 bridgehead atoms. The van der Waals surface area contributed by atoms with Gasteiger partial charge in [-0.3, -0.25) is 0 Å². The summed E-state index contributed by atoms with van der Waals surface area (Å²) in [4.78, 5) is 29.0. The molecule has 1 unspecified atom stereocenters. The molecule has 0 aromatic carbocycles. The number of aromatic nitrogens is 1. The zero-order valence-corrected chi connectivity index (χ0v) is 10.4. The Kier molecular flexibility index (Phi) is 3.77. The number of isocyanates is 1. The Bertz CT molecular complexity index is 441. The van der Waals surface area contributed by atoms with Crippen molar-refractivity contribution in [2.75, 3.05) is 0 Å². The minimum atomic E-state index is -2.13. The summed E-state index contributed by atoms with van der Waals surface area (Å²) in [6.07, 6.45) is 1.23. The molecule has 17 heavy (non-hydrogen) atoms. The predicted molar refractivity (Wildman–Crippen MR) is 60.4 cm³/mol. The van der Waals surface area contributed by atoms with Gasteiger partial charge in [-0.1, -0.05) is 0 Å². The molecule has 1 rings (SSSR count). The Morgan fingerprint density at radius 3 is 2.59 bits per heavy atom. The van der Waals surface area contributed by atoms with E-state index >= 15 is 0 Å². The van der Waals surface area contributed by atoms with E-state index in [4.69, 9.17) is 4.74 Å². The molecule has 0 spiro atoms. The molecule has 1 atom stereocenters. The first-order chi connectivity index (χ1) is 7.82. The maximum atomic E-state index is 11.4. The minimum Gasteiger partial charge on any atom is -0.477 e. The van der Waals surface area contributed by atoms with Gasteiger partial charge in [-0.15, -0.1) is 11.3 Å². The van der Waals surface area contributed by atoms with Crippen LogP contribution < -0.4 is 0 Å². The molecule has 0 fully saturated rings. The summed E-state index contributed by atoms with van der Waals surface area (Å²) in [6, 6.07) is 0. The molecular weight excluding hydrogens is 244 g/mol. The molecule has 1 aromatic heterocycles. The van der Waals surface area contributed by atoms with Gasteiger partial charge in [0.15, 0.2) is 0 Å². The van der Waals surface area contributed by atoms with E-state index in [0.717, 1.165) is 0 Å². The van der Waals surface area contributed by atoms with Crippen molar-refractivity contribution in [1.82, 2.24) is 4.98 Å². The van der Waals surface area contributed by atoms with E-state index in [-0.39, 0.29) is 5.69 Å². The van der Waals surface area contributed by atoms with E-state index in [1.165, 1.54) is 28.3 Å². The largest absolute Gasteiger partial charge is 0.477 e. The molecule has 0 aliphatic carbocycles. The van der Waals surface area contributed by atoms with Crippen molar-refractivity contribution >= 4 is 23.4 Å². The van der Waals surface area contributed by atoms with Gasteiger partial charge in [-0.25, -0.2) is 14.6 Å². The summed E-state index contributed by atoms with van der Waals surface area (Å²) >= 11 is 1.19. The fourth-order valence-corrected chi connectivity index (χ4v) is 1.81. The average Bonchev–Trinajstić information content (AvgIpc) is 2.67. The maximum absolute atomic E-state index is 11.4. The molecule has 92 valence electrons. The summed E-state index contributed by atoms with van der Waals surface area (Å²) in [6.45, 7) is 4.99. The van der Waals surface area contributed by atoms with Crippen LogP contribution in [0.15, 0.2) is 15.9 Å². The number of aliphatic carboxylic acids is 1. The van der Waals surface area contributed by atoms with Crippen LogP contribution in [0.4, 0.5) is 0 Å². The molecule has 0 saturated heterocycles. The number of nitrogens with zero attached hydrogens (tertiary/aromatic N) is 2. The molecule has 0 amide bonds. The smallest absolute Gasteiger partial charge is 0.367 e. The average molecular weight is 256 g/mol. The highest BCUT2D eigenvalue weighted by atomic mass is 32.1. The van der Waals surface area contributed by atoms with E-state index in [1.54, 1.807) is 20.8 Å². The highest BCUT2D eigenvalue weighted by Crippen LogP contribution is 2.32. The van der Waals surface area contributed by atoms with Crippen LogP contribution in [0.1, 0.15) is 26.5 Å². The molecular formula is C10H12N2O4S. The highest BCUT2D eigenvalue weighted by molar-refractivity contribution is 7.07. The Morgan fingerprint density at radius 2 is 2.24 bits per heavy atom. The van der Waals surface area contributed by atoms with Crippen LogP contribution in [0.2, 0.25) is 0 Å². The van der Waals surface area contributed by atoms with E-state index in [9.17, 15) is 14.7 Å². The zero-order valence-electron chi connectivity index (χ0n) is 9.63. The van der Waals surface area contributed by atoms with E-state index in [2.05, 4.69) is 9.98 Å². The summed E-state index contributed by atoms with van der Waals surface area (Å²) < 4.78 is 5.39. The molecule has 0 aliphatic heterocycles. The molecule has 0 radical (unpaired) electrons. The molecule has 0 aliphatic rings. The zero-order chi connectivity index (χ0) is 13.1. The minimum absolute atomic E-state index is 0.0632. The van der Waals surface area contributed by atoms with E-state index in [1.807, 2.05) is 0 Å². The highest BCUT2D eigenvalue weighted by Gasteiger charge is 2.47. The third kappa shape index (κ3) is 2.97. The number of aliphatic imine (C=N–C) groups is 1. The second kappa shape index (κ2) is 4.75. The standard InChI is InChI=1S/C10H12N2O4S/c1-9(2,3)16-10(8(14)15,12-5-13)7-4-17-6-11-7/h4,6H,1-3H3,(H,14,15). The monoisotopic (exact) mass is 256 g/mol. The first kappa shape index (κ1) is 13.5. The first-order valence-corrected chi connectivity index (χ1v) is 5.67. The second-order valence-electron chi connectivity index (χ2n) is 4.24. The number of hydrogen-bond acceptors (Lipinski definition) is 6. The SMILES string of the molecule is CC(C)(C)OC(N=C=O)(C(=O)O)c1cscn1. The van der Waals surface area contributed by atoms with Crippen molar-refractivity contribution < 1.29 is 19.4 Å². The van der Waals surface area contributed by atoms with Gasteiger partial charge < -0.3 is 9.84 Å². The van der Waals surface area contributed by atoms with Gasteiger partial charge in [0.2, 0.25) is 6.08 Å². The van der Waals surface area contributed by atoms with Gasteiger partial charge >= 0.3 is 11.7 Å². The number of rotatable bonds is 4. The van der Waals surface area contributed by atoms with Crippen molar-refractivity contribution in [2.45, 2.75) is 32.1 Å². The fraction of sp³-hybridized carbons (Fsp3) is 0.500. The lowest BCUT2D eigenvalue weighted by atomic mass is 10.1. The summed E-state index contributed by atoms with van der Waals surface area (Å²) in [7, 11) is 0. The van der Waals surface area contributed by atoms with Crippen LogP contribution in [-0.2, 0) is 20.1 Å². The van der Waals surface area contributed by atoms with Crippen LogP contribution in [0.25, 0.3) is 0 Å². The summed E-state index contributed by atoms with van der Waals surface area (Å²) in [5.41, 5.74) is -1.42. The normalized spacial score (nSPS) is 14.8. The fourth-order valence-electron chi connectivity index (χ4n) is 1.22. The second-order valence-corrected chi connectivity index (χ2v) is 4.96. The predicted octanol–water partition coefficient (Wildman–Crippen LogP) is 1.53. The quantitative estimate of drug-likeness (QED) is 0.651. The van der Waals surface area contributed by atoms with Crippen molar-refractivity contribution in [1.29, 1.82) is 0 Å². The molecule has 1 aromatic rings.